The van der Waals surface area contributed by atoms with Crippen molar-refractivity contribution in [1.82, 2.24) is 19.6 Å². The zero-order valence-electron chi connectivity index (χ0n) is 18.7. The molecule has 3 amide bonds. The van der Waals surface area contributed by atoms with Crippen LogP contribution in [0.4, 0.5) is 10.6 Å². The Morgan fingerprint density at radius 2 is 1.73 bits per heavy atom. The van der Waals surface area contributed by atoms with Crippen LogP contribution in [0.5, 0.6) is 0 Å². The first-order valence-electron chi connectivity index (χ1n) is 10.5. The molecular formula is C23H33N5O2. The monoisotopic (exact) mass is 411 g/mol. The molecule has 1 aliphatic rings. The molecule has 1 N–H and O–H groups in total. The molecule has 0 saturated carbocycles. The van der Waals surface area contributed by atoms with Crippen LogP contribution in [-0.2, 0) is 16.8 Å². The van der Waals surface area contributed by atoms with Gasteiger partial charge < -0.3 is 15.1 Å². The molecule has 2 heterocycles. The summed E-state index contributed by atoms with van der Waals surface area (Å²) in [5, 5.41) is 7.41. The van der Waals surface area contributed by atoms with Crippen LogP contribution in [0.15, 0.2) is 36.5 Å². The van der Waals surface area contributed by atoms with Gasteiger partial charge in [0.05, 0.1) is 12.7 Å². The molecule has 1 aromatic carbocycles. The van der Waals surface area contributed by atoms with Crippen molar-refractivity contribution >= 4 is 17.8 Å². The van der Waals surface area contributed by atoms with E-state index in [0.29, 0.717) is 38.3 Å². The van der Waals surface area contributed by atoms with E-state index >= 15 is 0 Å². The van der Waals surface area contributed by atoms with Crippen LogP contribution in [0, 0.1) is 5.92 Å². The van der Waals surface area contributed by atoms with Crippen LogP contribution in [-0.4, -0.2) is 58.7 Å². The van der Waals surface area contributed by atoms with Crippen molar-refractivity contribution in [2.75, 3.05) is 32.5 Å². The van der Waals surface area contributed by atoms with E-state index in [2.05, 4.69) is 55.5 Å². The summed E-state index contributed by atoms with van der Waals surface area (Å²) in [6.45, 7) is 8.41. The number of anilines is 1. The van der Waals surface area contributed by atoms with Crippen molar-refractivity contribution in [3.8, 4) is 0 Å². The van der Waals surface area contributed by atoms with E-state index in [1.807, 2.05) is 10.7 Å². The number of aromatic nitrogens is 2. The van der Waals surface area contributed by atoms with Crippen molar-refractivity contribution in [1.29, 1.82) is 0 Å². The van der Waals surface area contributed by atoms with Gasteiger partial charge in [0.2, 0.25) is 5.91 Å². The maximum absolute atomic E-state index is 12.8. The van der Waals surface area contributed by atoms with Crippen molar-refractivity contribution in [3.05, 3.63) is 47.7 Å². The molecule has 1 aliphatic heterocycles. The van der Waals surface area contributed by atoms with Gasteiger partial charge >= 0.3 is 6.03 Å². The number of piperidine rings is 1. The molecule has 0 unspecified atom stereocenters. The number of hydrogen-bond acceptors (Lipinski definition) is 3. The molecule has 0 radical (unpaired) electrons. The predicted octanol–water partition coefficient (Wildman–Crippen LogP) is 3.56. The number of carbonyl (C=O) groups excluding carboxylic acids is 2. The lowest BCUT2D eigenvalue weighted by Gasteiger charge is -2.33. The SMILES string of the molecule is CN(C)C(=O)N1CCC(C(=O)Nc2ccnn2Cc2ccc(C(C)(C)C)cc2)CC1. The zero-order chi connectivity index (χ0) is 21.9. The Bertz CT molecular complexity index is 872. The van der Waals surface area contributed by atoms with Gasteiger partial charge in [-0.15, -0.1) is 0 Å². The third-order valence-corrected chi connectivity index (χ3v) is 5.64. The maximum Gasteiger partial charge on any atom is 0.319 e. The molecule has 0 aliphatic carbocycles. The van der Waals surface area contributed by atoms with E-state index in [1.165, 1.54) is 5.56 Å². The number of benzene rings is 1. The Morgan fingerprint density at radius 1 is 1.10 bits per heavy atom. The first-order valence-corrected chi connectivity index (χ1v) is 10.5. The Balaban J connectivity index is 1.58. The lowest BCUT2D eigenvalue weighted by Crippen LogP contribution is -2.45. The van der Waals surface area contributed by atoms with Crippen LogP contribution >= 0.6 is 0 Å². The Hall–Kier alpha value is -2.83. The summed E-state index contributed by atoms with van der Waals surface area (Å²) < 4.78 is 1.81. The minimum absolute atomic E-state index is 0.00298. The van der Waals surface area contributed by atoms with E-state index in [4.69, 9.17) is 0 Å². The first kappa shape index (κ1) is 21.9. The van der Waals surface area contributed by atoms with Crippen molar-refractivity contribution in [3.63, 3.8) is 0 Å². The summed E-state index contributed by atoms with van der Waals surface area (Å²) >= 11 is 0. The van der Waals surface area contributed by atoms with Crippen LogP contribution in [0.2, 0.25) is 0 Å². The van der Waals surface area contributed by atoms with E-state index in [1.54, 1.807) is 30.1 Å². The molecule has 1 saturated heterocycles. The lowest BCUT2D eigenvalue weighted by molar-refractivity contribution is -0.121. The smallest absolute Gasteiger partial charge is 0.319 e. The molecular weight excluding hydrogens is 378 g/mol. The first-order chi connectivity index (χ1) is 14.1. The van der Waals surface area contributed by atoms with E-state index < -0.39 is 0 Å². The fraction of sp³-hybridized carbons (Fsp3) is 0.522. The highest BCUT2D eigenvalue weighted by atomic mass is 16.2. The van der Waals surface area contributed by atoms with Crippen LogP contribution in [0.3, 0.4) is 0 Å². The van der Waals surface area contributed by atoms with Gasteiger partial charge in [0.15, 0.2) is 0 Å². The summed E-state index contributed by atoms with van der Waals surface area (Å²) in [7, 11) is 3.50. The summed E-state index contributed by atoms with van der Waals surface area (Å²) in [5.74, 6) is 0.606. The molecule has 0 spiro atoms. The molecule has 30 heavy (non-hydrogen) atoms. The summed E-state index contributed by atoms with van der Waals surface area (Å²) in [6, 6.07) is 10.4. The van der Waals surface area contributed by atoms with Crippen LogP contribution in [0.1, 0.15) is 44.7 Å². The molecule has 0 bridgehead atoms. The Morgan fingerprint density at radius 3 is 2.30 bits per heavy atom. The van der Waals surface area contributed by atoms with Gasteiger partial charge in [-0.3, -0.25) is 4.79 Å². The van der Waals surface area contributed by atoms with Gasteiger partial charge in [-0.1, -0.05) is 45.0 Å². The quantitative estimate of drug-likeness (QED) is 0.836. The molecule has 162 valence electrons. The predicted molar refractivity (Wildman–Crippen MR) is 118 cm³/mol. The highest BCUT2D eigenvalue weighted by molar-refractivity contribution is 5.92. The van der Waals surface area contributed by atoms with Crippen LogP contribution < -0.4 is 5.32 Å². The Kier molecular flexibility index (Phi) is 6.48. The van der Waals surface area contributed by atoms with Gasteiger partial charge in [-0.2, -0.15) is 5.10 Å². The molecule has 3 rings (SSSR count). The largest absolute Gasteiger partial charge is 0.331 e. The Labute approximate surface area is 179 Å². The molecule has 2 aromatic rings. The second-order valence-corrected chi connectivity index (χ2v) is 9.25. The molecule has 0 atom stereocenters. The number of hydrogen-bond donors (Lipinski definition) is 1. The number of nitrogens with zero attached hydrogens (tertiary/aromatic N) is 4. The summed E-state index contributed by atoms with van der Waals surface area (Å²) in [5.41, 5.74) is 2.55. The van der Waals surface area contributed by atoms with E-state index in [0.717, 1.165) is 5.56 Å². The topological polar surface area (TPSA) is 70.5 Å². The van der Waals surface area contributed by atoms with Crippen molar-refractivity contribution in [2.24, 2.45) is 5.92 Å². The highest BCUT2D eigenvalue weighted by Gasteiger charge is 2.28. The van der Waals surface area contributed by atoms with Crippen LogP contribution in [0.25, 0.3) is 0 Å². The summed E-state index contributed by atoms with van der Waals surface area (Å²) in [4.78, 5) is 28.2. The van der Waals surface area contributed by atoms with Gasteiger partial charge in [0, 0.05) is 39.2 Å². The number of rotatable bonds is 4. The lowest BCUT2D eigenvalue weighted by atomic mass is 9.87. The maximum atomic E-state index is 12.8. The number of urea groups is 1. The molecule has 7 nitrogen and oxygen atoms in total. The van der Waals surface area contributed by atoms with Crippen molar-refractivity contribution in [2.45, 2.75) is 45.6 Å². The fourth-order valence-corrected chi connectivity index (χ4v) is 3.69. The standard InChI is InChI=1S/C23H33N5O2/c1-23(2,3)19-8-6-17(7-9-19)16-28-20(10-13-24-28)25-21(29)18-11-14-27(15-12-18)22(30)26(4)5/h6-10,13,18H,11-12,14-16H2,1-5H3,(H,25,29). The summed E-state index contributed by atoms with van der Waals surface area (Å²) in [6.07, 6.45) is 3.05. The fourth-order valence-electron chi connectivity index (χ4n) is 3.69. The third-order valence-electron chi connectivity index (χ3n) is 5.64. The number of nitrogens with one attached hydrogen (secondary N) is 1. The zero-order valence-corrected chi connectivity index (χ0v) is 18.7. The minimum atomic E-state index is -0.0920. The molecule has 1 fully saturated rings. The molecule has 7 heteroatoms. The van der Waals surface area contributed by atoms with Gasteiger partial charge in [-0.05, 0) is 29.4 Å². The van der Waals surface area contributed by atoms with E-state index in [9.17, 15) is 9.59 Å². The average molecular weight is 412 g/mol. The second kappa shape index (κ2) is 8.90. The number of likely N-dealkylation sites (tertiary alicyclic amines) is 1. The van der Waals surface area contributed by atoms with Gasteiger partial charge in [0.25, 0.3) is 0 Å². The average Bonchev–Trinajstić information content (AvgIpc) is 3.13. The van der Waals surface area contributed by atoms with Gasteiger partial charge in [-0.25, -0.2) is 9.48 Å². The second-order valence-electron chi connectivity index (χ2n) is 9.25. The number of amides is 3. The number of carbonyl (C=O) groups is 2. The third kappa shape index (κ3) is 5.20. The van der Waals surface area contributed by atoms with Gasteiger partial charge in [0.1, 0.15) is 5.82 Å². The van der Waals surface area contributed by atoms with Crippen molar-refractivity contribution < 1.29 is 9.59 Å². The normalized spacial score (nSPS) is 15.2. The van der Waals surface area contributed by atoms with E-state index in [-0.39, 0.29) is 23.3 Å². The molecule has 1 aromatic heterocycles. The highest BCUT2D eigenvalue weighted by Crippen LogP contribution is 2.23. The minimum Gasteiger partial charge on any atom is -0.331 e.